The molecule has 5 aliphatic rings. The van der Waals surface area contributed by atoms with Crippen LogP contribution in [-0.2, 0) is 31.1 Å². The molecule has 10 rings (SSSR count). The third kappa shape index (κ3) is 4.73. The number of anilines is 6. The van der Waals surface area contributed by atoms with Crippen LogP contribution in [0.5, 0.6) is 11.5 Å². The number of hydrogen-bond donors (Lipinski definition) is 0. The maximum Gasteiger partial charge on any atom is 0.252 e. The summed E-state index contributed by atoms with van der Waals surface area (Å²) in [6.45, 7) is 19.1. The van der Waals surface area contributed by atoms with Crippen LogP contribution in [0.1, 0.15) is 81.8 Å². The largest absolute Gasteiger partial charge is 0.454 e. The number of fused-ring (bicyclic) bond motifs is 7. The Bertz CT molecular complexity index is 2310. The van der Waals surface area contributed by atoms with Crippen LogP contribution in [-0.4, -0.2) is 13.5 Å². The van der Waals surface area contributed by atoms with Gasteiger partial charge >= 0.3 is 0 Å². The molecule has 4 nitrogen and oxygen atoms in total. The third-order valence-corrected chi connectivity index (χ3v) is 12.1. The monoisotopic (exact) mass is 670 g/mol. The van der Waals surface area contributed by atoms with Gasteiger partial charge < -0.3 is 19.3 Å². The van der Waals surface area contributed by atoms with Gasteiger partial charge in [-0.1, -0.05) is 72.7 Å². The molecule has 0 radical (unpaired) electrons. The highest BCUT2D eigenvalue weighted by Crippen LogP contribution is 2.49. The zero-order valence-electron chi connectivity index (χ0n) is 31.3. The predicted molar refractivity (Wildman–Crippen MR) is 212 cm³/mol. The second kappa shape index (κ2) is 10.2. The van der Waals surface area contributed by atoms with Crippen LogP contribution in [0.15, 0.2) is 78.9 Å². The van der Waals surface area contributed by atoms with Crippen LogP contribution in [0.4, 0.5) is 34.1 Å². The molecular formula is C46H47BN2O2. The Morgan fingerprint density at radius 3 is 1.76 bits per heavy atom. The number of benzene rings is 5. The molecule has 0 aromatic heterocycles. The van der Waals surface area contributed by atoms with E-state index in [2.05, 4.69) is 144 Å². The summed E-state index contributed by atoms with van der Waals surface area (Å²) < 4.78 is 12.1. The SMILES string of the molecule is Cc1cc2c3c(c1)N(c1ccc(C(C)(C)C)cc1)c1cc4c(cc1B3c1cc3c(cc1N2c1ccc2c(c1)CC(C)(C)C2)CC(C)(C)C3)OCO4. The molecule has 0 amide bonds. The van der Waals surface area contributed by atoms with Crippen molar-refractivity contribution < 1.29 is 9.47 Å². The van der Waals surface area contributed by atoms with E-state index in [1.807, 2.05) is 0 Å². The van der Waals surface area contributed by atoms with Gasteiger partial charge in [0.2, 0.25) is 6.79 Å². The van der Waals surface area contributed by atoms with Gasteiger partial charge in [0.25, 0.3) is 6.71 Å². The summed E-state index contributed by atoms with van der Waals surface area (Å²) >= 11 is 0. The molecule has 0 N–H and O–H groups in total. The summed E-state index contributed by atoms with van der Waals surface area (Å²) in [5, 5.41) is 0. The van der Waals surface area contributed by atoms with Crippen molar-refractivity contribution in [2.24, 2.45) is 10.8 Å². The smallest absolute Gasteiger partial charge is 0.252 e. The number of aryl methyl sites for hydroxylation is 1. The van der Waals surface area contributed by atoms with Gasteiger partial charge in [-0.05, 0) is 147 Å². The summed E-state index contributed by atoms with van der Waals surface area (Å²) in [7, 11) is 0. The van der Waals surface area contributed by atoms with Gasteiger partial charge in [0.05, 0.1) is 0 Å². The minimum Gasteiger partial charge on any atom is -0.454 e. The van der Waals surface area contributed by atoms with E-state index in [1.54, 1.807) is 0 Å². The van der Waals surface area contributed by atoms with Crippen molar-refractivity contribution >= 4 is 57.2 Å². The first-order valence-corrected chi connectivity index (χ1v) is 18.8. The normalized spacial score (nSPS) is 18.3. The molecule has 3 aliphatic heterocycles. The molecule has 5 aromatic carbocycles. The van der Waals surface area contributed by atoms with Crippen LogP contribution in [0.2, 0.25) is 0 Å². The van der Waals surface area contributed by atoms with Crippen molar-refractivity contribution in [3.8, 4) is 11.5 Å². The lowest BCUT2D eigenvalue weighted by atomic mass is 9.33. The van der Waals surface area contributed by atoms with E-state index < -0.39 is 0 Å². The Hall–Kier alpha value is -4.64. The first-order valence-electron chi connectivity index (χ1n) is 18.8. The fourth-order valence-corrected chi connectivity index (χ4v) is 9.93. The Morgan fingerprint density at radius 2 is 1.10 bits per heavy atom. The van der Waals surface area contributed by atoms with Crippen LogP contribution in [0.25, 0.3) is 0 Å². The lowest BCUT2D eigenvalue weighted by Crippen LogP contribution is -2.61. The van der Waals surface area contributed by atoms with Gasteiger partial charge in [0.1, 0.15) is 0 Å². The summed E-state index contributed by atoms with van der Waals surface area (Å²) in [5.74, 6) is 1.65. The van der Waals surface area contributed by atoms with E-state index in [-0.39, 0.29) is 24.3 Å². The van der Waals surface area contributed by atoms with Gasteiger partial charge in [-0.3, -0.25) is 0 Å². The number of nitrogens with zero attached hydrogens (tertiary/aromatic N) is 2. The molecule has 5 aromatic rings. The summed E-state index contributed by atoms with van der Waals surface area (Å²) in [6, 6.07) is 31.0. The third-order valence-electron chi connectivity index (χ3n) is 12.1. The van der Waals surface area contributed by atoms with Crippen LogP contribution >= 0.6 is 0 Å². The minimum absolute atomic E-state index is 0.0545. The van der Waals surface area contributed by atoms with Crippen LogP contribution < -0.4 is 35.7 Å². The highest BCUT2D eigenvalue weighted by Gasteiger charge is 2.46. The quantitative estimate of drug-likeness (QED) is 0.171. The number of rotatable bonds is 2. The van der Waals surface area contributed by atoms with Crippen molar-refractivity contribution in [3.05, 3.63) is 112 Å². The van der Waals surface area contributed by atoms with Gasteiger partial charge in [0.15, 0.2) is 11.5 Å². The molecule has 0 fully saturated rings. The fraction of sp³-hybridized carbons (Fsp3) is 0.348. The molecule has 3 heterocycles. The highest BCUT2D eigenvalue weighted by atomic mass is 16.7. The first-order chi connectivity index (χ1) is 24.2. The molecule has 0 unspecified atom stereocenters. The van der Waals surface area contributed by atoms with Crippen molar-refractivity contribution in [1.29, 1.82) is 0 Å². The van der Waals surface area contributed by atoms with E-state index >= 15 is 0 Å². The average Bonchev–Trinajstić information content (AvgIpc) is 3.73. The molecule has 2 aliphatic carbocycles. The van der Waals surface area contributed by atoms with Crippen molar-refractivity contribution in [2.75, 3.05) is 16.6 Å². The van der Waals surface area contributed by atoms with Crippen molar-refractivity contribution in [2.45, 2.75) is 86.5 Å². The van der Waals surface area contributed by atoms with Gasteiger partial charge in [-0.15, -0.1) is 0 Å². The Kier molecular flexibility index (Phi) is 6.25. The number of hydrogen-bond acceptors (Lipinski definition) is 4. The van der Waals surface area contributed by atoms with E-state index in [0.29, 0.717) is 5.41 Å². The van der Waals surface area contributed by atoms with E-state index in [4.69, 9.17) is 9.47 Å². The molecule has 0 bridgehead atoms. The second-order valence-electron chi connectivity index (χ2n) is 18.6. The second-order valence-corrected chi connectivity index (χ2v) is 18.6. The summed E-state index contributed by atoms with van der Waals surface area (Å²) in [6.07, 6.45) is 4.46. The summed E-state index contributed by atoms with van der Waals surface area (Å²) in [4.78, 5) is 5.09. The van der Waals surface area contributed by atoms with E-state index in [0.717, 1.165) is 48.6 Å². The lowest BCUT2D eigenvalue weighted by Gasteiger charge is -2.44. The maximum atomic E-state index is 6.09. The maximum absolute atomic E-state index is 6.09. The molecule has 0 atom stereocenters. The molecule has 0 saturated carbocycles. The molecule has 0 spiro atoms. The molecule has 51 heavy (non-hydrogen) atoms. The molecule has 5 heteroatoms. The Morgan fingerprint density at radius 1 is 0.569 bits per heavy atom. The summed E-state index contributed by atoms with van der Waals surface area (Å²) in [5.41, 5.74) is 20.6. The first kappa shape index (κ1) is 31.1. The molecular weight excluding hydrogens is 623 g/mol. The number of ether oxygens (including phenoxy) is 2. The predicted octanol–water partition coefficient (Wildman–Crippen LogP) is 9.35. The average molecular weight is 671 g/mol. The topological polar surface area (TPSA) is 24.9 Å². The highest BCUT2D eigenvalue weighted by molar-refractivity contribution is 7.00. The Labute approximate surface area is 303 Å². The zero-order chi connectivity index (χ0) is 35.2. The van der Waals surface area contributed by atoms with Gasteiger partial charge in [0, 0.05) is 40.2 Å². The zero-order valence-corrected chi connectivity index (χ0v) is 31.3. The van der Waals surface area contributed by atoms with E-state index in [9.17, 15) is 0 Å². The molecule has 256 valence electrons. The lowest BCUT2D eigenvalue weighted by molar-refractivity contribution is 0.174. The minimum atomic E-state index is 0.0545. The van der Waals surface area contributed by atoms with Crippen LogP contribution in [0.3, 0.4) is 0 Å². The fourth-order valence-electron chi connectivity index (χ4n) is 9.93. The molecule has 0 saturated heterocycles. The van der Waals surface area contributed by atoms with E-state index in [1.165, 1.54) is 72.5 Å². The Balaban J connectivity index is 1.26. The van der Waals surface area contributed by atoms with Gasteiger partial charge in [-0.25, -0.2) is 0 Å². The standard InChI is InChI=1S/C46H47BN2O2/c1-27-15-39-43-40(16-27)49(34-12-9-28-22-45(5,6)23-29(28)17-34)37-19-31-25-46(7,8)24-30(31)18-35(37)47(43)36-20-41-42(51-26-50-41)21-38(36)48(39)33-13-10-32(11-14-33)44(2,3)4/h9-21H,22-26H2,1-8H3. The van der Waals surface area contributed by atoms with Crippen molar-refractivity contribution in [3.63, 3.8) is 0 Å². The van der Waals surface area contributed by atoms with Crippen LogP contribution in [0, 0.1) is 17.8 Å². The van der Waals surface area contributed by atoms with Gasteiger partial charge in [-0.2, -0.15) is 0 Å². The van der Waals surface area contributed by atoms with Crippen molar-refractivity contribution in [1.82, 2.24) is 0 Å².